The van der Waals surface area contributed by atoms with Gasteiger partial charge in [0.05, 0.1) is 6.42 Å². The van der Waals surface area contributed by atoms with Gasteiger partial charge in [-0.15, -0.1) is 0 Å². The third-order valence-electron chi connectivity index (χ3n) is 6.72. The molecule has 0 aliphatic heterocycles. The fourth-order valence-corrected chi connectivity index (χ4v) is 5.15. The topological polar surface area (TPSA) is 105 Å². The molecule has 174 valence electrons. The van der Waals surface area contributed by atoms with Gasteiger partial charge in [0.2, 0.25) is 5.91 Å². The lowest BCUT2D eigenvalue weighted by Gasteiger charge is -2.22. The number of carbonyl (C=O) groups excluding carboxylic acids is 2. The molecule has 2 aliphatic rings. The number of hydrogen-bond donors (Lipinski definition) is 3. The molecule has 0 spiro atoms. The third kappa shape index (κ3) is 5.18. The summed E-state index contributed by atoms with van der Waals surface area (Å²) in [6.45, 7) is 2.30. The van der Waals surface area contributed by atoms with Crippen molar-refractivity contribution < 1.29 is 24.2 Å². The lowest BCUT2D eigenvalue weighted by atomic mass is 9.94. The number of hydrogen-bond acceptors (Lipinski definition) is 4. The van der Waals surface area contributed by atoms with E-state index < -0.39 is 18.1 Å². The molecule has 3 N–H and O–H groups in total. The number of carboxylic acids is 1. The summed E-state index contributed by atoms with van der Waals surface area (Å²) in [5.74, 6) is -1.29. The average Bonchev–Trinajstić information content (AvgIpc) is 3.38. The van der Waals surface area contributed by atoms with Crippen molar-refractivity contribution in [2.24, 2.45) is 11.8 Å². The van der Waals surface area contributed by atoms with E-state index in [1.165, 1.54) is 11.1 Å². The Bertz CT molecular complexity index is 991. The van der Waals surface area contributed by atoms with Gasteiger partial charge in [-0.2, -0.15) is 0 Å². The van der Waals surface area contributed by atoms with Gasteiger partial charge < -0.3 is 20.5 Å². The number of ether oxygens (including phenoxy) is 1. The third-order valence-corrected chi connectivity index (χ3v) is 6.72. The maximum Gasteiger partial charge on any atom is 0.407 e. The minimum absolute atomic E-state index is 0.00359. The van der Waals surface area contributed by atoms with Crippen molar-refractivity contribution in [3.63, 3.8) is 0 Å². The van der Waals surface area contributed by atoms with Crippen molar-refractivity contribution in [2.45, 2.75) is 44.6 Å². The van der Waals surface area contributed by atoms with E-state index in [2.05, 4.69) is 34.9 Å². The second kappa shape index (κ2) is 10.1. The fraction of sp³-hybridized carbons (Fsp3) is 0.423. The van der Waals surface area contributed by atoms with Crippen molar-refractivity contribution in [3.8, 4) is 11.1 Å². The molecule has 2 amide bonds. The zero-order chi connectivity index (χ0) is 23.4. The highest BCUT2D eigenvalue weighted by Gasteiger charge is 2.34. The molecule has 0 aromatic heterocycles. The number of nitrogens with one attached hydrogen (secondary N) is 2. The summed E-state index contributed by atoms with van der Waals surface area (Å²) in [4.78, 5) is 35.9. The Hall–Kier alpha value is -3.35. The highest BCUT2D eigenvalue weighted by molar-refractivity contribution is 5.81. The van der Waals surface area contributed by atoms with Gasteiger partial charge in [-0.25, -0.2) is 4.79 Å². The molecule has 0 bridgehead atoms. The zero-order valence-corrected chi connectivity index (χ0v) is 18.8. The number of alkyl carbamates (subject to hydrolysis) is 1. The highest BCUT2D eigenvalue weighted by Crippen LogP contribution is 2.44. The molecular weight excluding hydrogens is 420 g/mol. The summed E-state index contributed by atoms with van der Waals surface area (Å²) < 4.78 is 5.59. The Kier molecular flexibility index (Phi) is 6.96. The van der Waals surface area contributed by atoms with E-state index in [0.717, 1.165) is 30.4 Å². The van der Waals surface area contributed by atoms with Crippen molar-refractivity contribution in [2.75, 3.05) is 13.2 Å². The Labute approximate surface area is 193 Å². The lowest BCUT2D eigenvalue weighted by molar-refractivity contribution is -0.137. The molecule has 3 atom stereocenters. The van der Waals surface area contributed by atoms with Crippen LogP contribution in [-0.2, 0) is 14.3 Å². The van der Waals surface area contributed by atoms with Gasteiger partial charge in [0.25, 0.3) is 0 Å². The van der Waals surface area contributed by atoms with Crippen LogP contribution in [0.4, 0.5) is 4.79 Å². The van der Waals surface area contributed by atoms with Crippen LogP contribution in [0.25, 0.3) is 11.1 Å². The van der Waals surface area contributed by atoms with Gasteiger partial charge in [-0.3, -0.25) is 9.59 Å². The molecule has 2 aromatic carbocycles. The molecule has 1 fully saturated rings. The molecule has 7 heteroatoms. The molecule has 2 aromatic rings. The number of amides is 2. The van der Waals surface area contributed by atoms with Gasteiger partial charge >= 0.3 is 12.1 Å². The maximum atomic E-state index is 12.6. The SMILES string of the molecule is C[C@H](CC(=O)O)NC(=O)[C@@H]1CCC[C@@H]1CNC(=O)OCC1c2ccccc2-c2ccccc21. The van der Waals surface area contributed by atoms with E-state index in [0.29, 0.717) is 6.54 Å². The van der Waals surface area contributed by atoms with Crippen LogP contribution in [0.15, 0.2) is 48.5 Å². The second-order valence-corrected chi connectivity index (χ2v) is 9.01. The Morgan fingerprint density at radius 2 is 1.67 bits per heavy atom. The molecule has 0 radical (unpaired) electrons. The first kappa shape index (κ1) is 22.8. The van der Waals surface area contributed by atoms with Crippen LogP contribution in [0.5, 0.6) is 0 Å². The summed E-state index contributed by atoms with van der Waals surface area (Å²) >= 11 is 0. The van der Waals surface area contributed by atoms with Gasteiger partial charge in [-0.1, -0.05) is 55.0 Å². The van der Waals surface area contributed by atoms with Crippen LogP contribution in [0.1, 0.15) is 49.7 Å². The number of carboxylic acid groups (broad SMARTS) is 1. The summed E-state index contributed by atoms with van der Waals surface area (Å²) in [6, 6.07) is 16.0. The molecule has 4 rings (SSSR count). The molecule has 0 saturated heterocycles. The average molecular weight is 451 g/mol. The van der Waals surface area contributed by atoms with Crippen LogP contribution in [-0.4, -0.2) is 42.3 Å². The van der Waals surface area contributed by atoms with E-state index in [1.54, 1.807) is 6.92 Å². The summed E-state index contributed by atoms with van der Waals surface area (Å²) in [7, 11) is 0. The quantitative estimate of drug-likeness (QED) is 0.565. The van der Waals surface area contributed by atoms with Crippen molar-refractivity contribution >= 4 is 18.0 Å². The molecule has 2 aliphatic carbocycles. The maximum absolute atomic E-state index is 12.6. The van der Waals surface area contributed by atoms with Crippen LogP contribution in [0.2, 0.25) is 0 Å². The predicted molar refractivity (Wildman–Crippen MR) is 124 cm³/mol. The normalized spacial score (nSPS) is 19.9. The van der Waals surface area contributed by atoms with E-state index >= 15 is 0 Å². The second-order valence-electron chi connectivity index (χ2n) is 9.01. The van der Waals surface area contributed by atoms with Crippen molar-refractivity contribution in [1.29, 1.82) is 0 Å². The van der Waals surface area contributed by atoms with Gasteiger partial charge in [0.1, 0.15) is 6.61 Å². The predicted octanol–water partition coefficient (Wildman–Crippen LogP) is 3.92. The van der Waals surface area contributed by atoms with E-state index in [4.69, 9.17) is 9.84 Å². The van der Waals surface area contributed by atoms with Crippen LogP contribution < -0.4 is 10.6 Å². The first-order chi connectivity index (χ1) is 15.9. The minimum atomic E-state index is -0.942. The number of benzene rings is 2. The van der Waals surface area contributed by atoms with E-state index in [1.807, 2.05) is 24.3 Å². The zero-order valence-electron chi connectivity index (χ0n) is 18.8. The number of rotatable bonds is 8. The number of fused-ring (bicyclic) bond motifs is 3. The van der Waals surface area contributed by atoms with Gasteiger partial charge in [0.15, 0.2) is 0 Å². The van der Waals surface area contributed by atoms with Crippen LogP contribution >= 0.6 is 0 Å². The van der Waals surface area contributed by atoms with Gasteiger partial charge in [-0.05, 0) is 47.9 Å². The first-order valence-corrected chi connectivity index (χ1v) is 11.5. The van der Waals surface area contributed by atoms with Gasteiger partial charge in [0, 0.05) is 24.4 Å². The Morgan fingerprint density at radius 3 is 2.30 bits per heavy atom. The van der Waals surface area contributed by atoms with Crippen molar-refractivity contribution in [3.05, 3.63) is 59.7 Å². The molecule has 0 unspecified atom stereocenters. The summed E-state index contributed by atoms with van der Waals surface area (Å²) in [5.41, 5.74) is 4.68. The minimum Gasteiger partial charge on any atom is -0.481 e. The Morgan fingerprint density at radius 1 is 1.03 bits per heavy atom. The molecule has 33 heavy (non-hydrogen) atoms. The van der Waals surface area contributed by atoms with Crippen LogP contribution in [0.3, 0.4) is 0 Å². The number of aliphatic carboxylic acids is 1. The lowest BCUT2D eigenvalue weighted by Crippen LogP contribution is -2.42. The monoisotopic (exact) mass is 450 g/mol. The molecule has 0 heterocycles. The standard InChI is InChI=1S/C26H30N2O5/c1-16(13-24(29)30)28-25(31)18-12-6-7-17(18)14-27-26(32)33-15-23-21-10-4-2-8-19(21)20-9-3-5-11-22(20)23/h2-5,8-11,16-18,23H,6-7,12-15H2,1H3,(H,27,32)(H,28,31)(H,29,30)/t16-,17-,18-/m1/s1. The molecule has 1 saturated carbocycles. The fourth-order valence-electron chi connectivity index (χ4n) is 5.15. The van der Waals surface area contributed by atoms with Crippen LogP contribution in [0, 0.1) is 11.8 Å². The molecule has 7 nitrogen and oxygen atoms in total. The highest BCUT2D eigenvalue weighted by atomic mass is 16.5. The van der Waals surface area contributed by atoms with E-state index in [-0.39, 0.29) is 36.7 Å². The summed E-state index contributed by atoms with van der Waals surface area (Å²) in [6.07, 6.45) is 1.89. The largest absolute Gasteiger partial charge is 0.481 e. The first-order valence-electron chi connectivity index (χ1n) is 11.5. The number of carbonyl (C=O) groups is 3. The summed E-state index contributed by atoms with van der Waals surface area (Å²) in [5, 5.41) is 14.5. The molecular formula is C26H30N2O5. The van der Waals surface area contributed by atoms with E-state index in [9.17, 15) is 14.4 Å². The smallest absolute Gasteiger partial charge is 0.407 e. The Balaban J connectivity index is 1.29. The van der Waals surface area contributed by atoms with Crippen molar-refractivity contribution in [1.82, 2.24) is 10.6 Å².